The first-order valence-corrected chi connectivity index (χ1v) is 10.9. The van der Waals surface area contributed by atoms with Crippen molar-refractivity contribution < 1.29 is 14.7 Å². The van der Waals surface area contributed by atoms with Crippen molar-refractivity contribution in [3.8, 4) is 11.4 Å². The van der Waals surface area contributed by atoms with Gasteiger partial charge in [-0.1, -0.05) is 42.1 Å². The van der Waals surface area contributed by atoms with E-state index in [0.29, 0.717) is 12.3 Å². The average Bonchev–Trinajstić information content (AvgIpc) is 3.17. The highest BCUT2D eigenvalue weighted by Crippen LogP contribution is 2.25. The fourth-order valence-corrected chi connectivity index (χ4v) is 4.30. The zero-order valence-electron chi connectivity index (χ0n) is 16.3. The van der Waals surface area contributed by atoms with Crippen LogP contribution in [0.25, 0.3) is 11.4 Å². The third-order valence-corrected chi connectivity index (χ3v) is 6.06. The molecule has 2 aromatic heterocycles. The standard InChI is InChI=1S/C21H25N5O2S/c27-19(15-25-9-11-28-12-10-25)16-29-21-24-23-20(18-7-4-8-22-13-18)26(21)14-17-5-2-1-3-6-17/h1-8,13,19,27H,9-12,14-16H2/p+1/t19-/m0/s1. The van der Waals surface area contributed by atoms with Gasteiger partial charge in [0, 0.05) is 23.7 Å². The van der Waals surface area contributed by atoms with E-state index >= 15 is 0 Å². The highest BCUT2D eigenvalue weighted by atomic mass is 32.2. The quantitative estimate of drug-likeness (QED) is 0.532. The minimum absolute atomic E-state index is 0.392. The number of ether oxygens (including phenoxy) is 1. The molecule has 1 aliphatic heterocycles. The number of nitrogens with one attached hydrogen (secondary N) is 1. The molecule has 1 fully saturated rings. The van der Waals surface area contributed by atoms with E-state index in [2.05, 4.69) is 31.9 Å². The number of rotatable bonds is 8. The maximum atomic E-state index is 10.5. The minimum Gasteiger partial charge on any atom is -0.386 e. The Balaban J connectivity index is 1.49. The molecule has 0 unspecified atom stereocenters. The smallest absolute Gasteiger partial charge is 0.191 e. The number of hydrogen-bond donors (Lipinski definition) is 2. The second-order valence-corrected chi connectivity index (χ2v) is 8.14. The number of pyridine rings is 1. The van der Waals surface area contributed by atoms with E-state index in [1.807, 2.05) is 30.3 Å². The fourth-order valence-electron chi connectivity index (χ4n) is 3.44. The summed E-state index contributed by atoms with van der Waals surface area (Å²) in [5, 5.41) is 20.2. The number of aliphatic hydroxyl groups excluding tert-OH is 1. The predicted molar refractivity (Wildman–Crippen MR) is 112 cm³/mol. The molecule has 0 aliphatic carbocycles. The van der Waals surface area contributed by atoms with E-state index in [-0.39, 0.29) is 0 Å². The summed E-state index contributed by atoms with van der Waals surface area (Å²) in [5.74, 6) is 1.38. The monoisotopic (exact) mass is 412 g/mol. The fraction of sp³-hybridized carbons (Fsp3) is 0.381. The molecule has 0 spiro atoms. The predicted octanol–water partition coefficient (Wildman–Crippen LogP) is 0.757. The highest BCUT2D eigenvalue weighted by Gasteiger charge is 2.20. The summed E-state index contributed by atoms with van der Waals surface area (Å²) in [5.41, 5.74) is 2.11. The lowest BCUT2D eigenvalue weighted by Gasteiger charge is -2.25. The van der Waals surface area contributed by atoms with Crippen LogP contribution in [0.5, 0.6) is 0 Å². The van der Waals surface area contributed by atoms with Gasteiger partial charge >= 0.3 is 0 Å². The number of quaternary nitrogens is 1. The van der Waals surface area contributed by atoms with Gasteiger partial charge in [-0.05, 0) is 17.7 Å². The first-order chi connectivity index (χ1) is 14.3. The van der Waals surface area contributed by atoms with Crippen LogP contribution < -0.4 is 4.90 Å². The SMILES string of the molecule is O[C@H](CSc1nnc(-c2cccnc2)n1Cc1ccccc1)C[NH+]1CCOCC1. The highest BCUT2D eigenvalue weighted by molar-refractivity contribution is 7.99. The molecule has 1 saturated heterocycles. The van der Waals surface area contributed by atoms with Gasteiger partial charge in [0.15, 0.2) is 11.0 Å². The van der Waals surface area contributed by atoms with Crippen LogP contribution in [0.15, 0.2) is 60.0 Å². The zero-order chi connectivity index (χ0) is 19.9. The van der Waals surface area contributed by atoms with E-state index in [4.69, 9.17) is 4.74 Å². The van der Waals surface area contributed by atoms with E-state index < -0.39 is 6.10 Å². The van der Waals surface area contributed by atoms with Gasteiger partial charge in [0.1, 0.15) is 25.7 Å². The molecular formula is C21H26N5O2S+. The summed E-state index contributed by atoms with van der Waals surface area (Å²) in [4.78, 5) is 5.61. The van der Waals surface area contributed by atoms with Gasteiger partial charge in [-0.25, -0.2) is 0 Å². The van der Waals surface area contributed by atoms with Gasteiger partial charge in [-0.2, -0.15) is 0 Å². The Hall–Kier alpha value is -2.26. The van der Waals surface area contributed by atoms with Gasteiger partial charge in [0.25, 0.3) is 0 Å². The van der Waals surface area contributed by atoms with Crippen molar-refractivity contribution in [2.75, 3.05) is 38.6 Å². The molecule has 2 N–H and O–H groups in total. The van der Waals surface area contributed by atoms with E-state index in [1.54, 1.807) is 24.2 Å². The number of hydrogen-bond acceptors (Lipinski definition) is 6. The van der Waals surface area contributed by atoms with Gasteiger partial charge in [-0.3, -0.25) is 9.55 Å². The van der Waals surface area contributed by atoms with Crippen LogP contribution >= 0.6 is 11.8 Å². The van der Waals surface area contributed by atoms with Crippen molar-refractivity contribution in [2.24, 2.45) is 0 Å². The van der Waals surface area contributed by atoms with E-state index in [0.717, 1.165) is 49.4 Å². The number of aliphatic hydroxyl groups is 1. The minimum atomic E-state index is -0.392. The van der Waals surface area contributed by atoms with E-state index in [9.17, 15) is 5.11 Å². The van der Waals surface area contributed by atoms with Crippen LogP contribution in [0, 0.1) is 0 Å². The van der Waals surface area contributed by atoms with Crippen molar-refractivity contribution in [1.29, 1.82) is 0 Å². The van der Waals surface area contributed by atoms with Gasteiger partial charge in [0.05, 0.1) is 19.8 Å². The Kier molecular flexibility index (Phi) is 6.89. The summed E-state index contributed by atoms with van der Waals surface area (Å²) >= 11 is 1.55. The largest absolute Gasteiger partial charge is 0.386 e. The number of aromatic nitrogens is 4. The molecule has 3 heterocycles. The van der Waals surface area contributed by atoms with Gasteiger partial charge in [-0.15, -0.1) is 10.2 Å². The Morgan fingerprint density at radius 1 is 1.10 bits per heavy atom. The van der Waals surface area contributed by atoms with Crippen LogP contribution in [0.3, 0.4) is 0 Å². The van der Waals surface area contributed by atoms with Crippen LogP contribution in [-0.2, 0) is 11.3 Å². The summed E-state index contributed by atoms with van der Waals surface area (Å²) in [6, 6.07) is 14.2. The van der Waals surface area contributed by atoms with Crippen LogP contribution in [0.4, 0.5) is 0 Å². The maximum absolute atomic E-state index is 10.5. The lowest BCUT2D eigenvalue weighted by atomic mass is 10.2. The number of morpholine rings is 1. The normalized spacial score (nSPS) is 16.0. The van der Waals surface area contributed by atoms with Gasteiger partial charge < -0.3 is 14.7 Å². The average molecular weight is 413 g/mol. The first-order valence-electron chi connectivity index (χ1n) is 9.89. The summed E-state index contributed by atoms with van der Waals surface area (Å²) < 4.78 is 7.50. The lowest BCUT2D eigenvalue weighted by Crippen LogP contribution is -3.15. The van der Waals surface area contributed by atoms with Crippen molar-refractivity contribution >= 4 is 11.8 Å². The Morgan fingerprint density at radius 2 is 1.93 bits per heavy atom. The second kappa shape index (κ2) is 9.98. The number of nitrogens with zero attached hydrogens (tertiary/aromatic N) is 4. The van der Waals surface area contributed by atoms with Gasteiger partial charge in [0.2, 0.25) is 0 Å². The third-order valence-electron chi connectivity index (χ3n) is 4.95. The Bertz CT molecular complexity index is 885. The molecule has 29 heavy (non-hydrogen) atoms. The number of benzene rings is 1. The molecule has 1 atom stereocenters. The molecule has 0 amide bonds. The molecule has 1 aromatic carbocycles. The summed E-state index contributed by atoms with van der Waals surface area (Å²) in [6.07, 6.45) is 3.16. The summed E-state index contributed by atoms with van der Waals surface area (Å²) in [7, 11) is 0. The van der Waals surface area contributed by atoms with Crippen LogP contribution in [-0.4, -0.2) is 69.6 Å². The zero-order valence-corrected chi connectivity index (χ0v) is 17.1. The van der Waals surface area contributed by atoms with E-state index in [1.165, 1.54) is 10.5 Å². The first kappa shape index (κ1) is 20.0. The van der Waals surface area contributed by atoms with Crippen LogP contribution in [0.2, 0.25) is 0 Å². The molecule has 1 aliphatic rings. The Morgan fingerprint density at radius 3 is 2.69 bits per heavy atom. The summed E-state index contributed by atoms with van der Waals surface area (Å²) in [6.45, 7) is 4.86. The van der Waals surface area contributed by atoms with Crippen molar-refractivity contribution in [2.45, 2.75) is 17.8 Å². The molecule has 152 valence electrons. The Labute approximate surface area is 174 Å². The number of thioether (sulfide) groups is 1. The molecule has 0 radical (unpaired) electrons. The third kappa shape index (κ3) is 5.42. The van der Waals surface area contributed by atoms with Crippen molar-refractivity contribution in [3.05, 3.63) is 60.4 Å². The maximum Gasteiger partial charge on any atom is 0.191 e. The van der Waals surface area contributed by atoms with Crippen molar-refractivity contribution in [1.82, 2.24) is 19.7 Å². The lowest BCUT2D eigenvalue weighted by molar-refractivity contribution is -0.910. The second-order valence-electron chi connectivity index (χ2n) is 7.15. The van der Waals surface area contributed by atoms with Crippen molar-refractivity contribution in [3.63, 3.8) is 0 Å². The molecule has 4 rings (SSSR count). The molecule has 0 bridgehead atoms. The molecule has 8 heteroatoms. The molecular weight excluding hydrogens is 386 g/mol. The molecule has 3 aromatic rings. The molecule has 7 nitrogen and oxygen atoms in total. The topological polar surface area (TPSA) is 77.5 Å². The van der Waals surface area contributed by atoms with Crippen LogP contribution in [0.1, 0.15) is 5.56 Å². The molecule has 0 saturated carbocycles.